The molecule has 0 aliphatic heterocycles. The van der Waals surface area contributed by atoms with E-state index in [4.69, 9.17) is 0 Å². The van der Waals surface area contributed by atoms with Gasteiger partial charge in [-0.2, -0.15) is 11.3 Å². The molecule has 94 valence electrons. The summed E-state index contributed by atoms with van der Waals surface area (Å²) < 4.78 is 13.7. The minimum absolute atomic E-state index is 0.0875. The Bertz CT molecular complexity index is 556. The highest BCUT2D eigenvalue weighted by Crippen LogP contribution is 2.18. The Morgan fingerprint density at radius 1 is 1.44 bits per heavy atom. The fourth-order valence-corrected chi connectivity index (χ4v) is 2.52. The van der Waals surface area contributed by atoms with Gasteiger partial charge in [0, 0.05) is 5.56 Å². The number of halogens is 2. The predicted octanol–water partition coefficient (Wildman–Crippen LogP) is 4.14. The first-order valence-electron chi connectivity index (χ1n) is 5.36. The van der Waals surface area contributed by atoms with Crippen molar-refractivity contribution < 1.29 is 9.18 Å². The van der Waals surface area contributed by atoms with E-state index in [2.05, 4.69) is 21.2 Å². The number of benzene rings is 1. The zero-order valence-corrected chi connectivity index (χ0v) is 12.0. The van der Waals surface area contributed by atoms with Gasteiger partial charge in [-0.3, -0.25) is 4.79 Å². The molecule has 0 saturated heterocycles. The van der Waals surface area contributed by atoms with Crippen molar-refractivity contribution in [3.63, 3.8) is 0 Å². The quantitative estimate of drug-likeness (QED) is 0.901. The van der Waals surface area contributed by atoms with Crippen LogP contribution in [0.4, 0.5) is 4.39 Å². The molecule has 2 aromatic rings. The fourth-order valence-electron chi connectivity index (χ4n) is 1.52. The van der Waals surface area contributed by atoms with Gasteiger partial charge in [0.2, 0.25) is 0 Å². The third-order valence-electron chi connectivity index (χ3n) is 2.57. The largest absolute Gasteiger partial charge is 0.345 e. The molecule has 0 aliphatic rings. The van der Waals surface area contributed by atoms with Crippen LogP contribution in [0.15, 0.2) is 39.5 Å². The lowest BCUT2D eigenvalue weighted by atomic mass is 10.1. The van der Waals surface area contributed by atoms with Gasteiger partial charge in [-0.25, -0.2) is 4.39 Å². The van der Waals surface area contributed by atoms with E-state index in [0.717, 1.165) is 5.56 Å². The van der Waals surface area contributed by atoms with Crippen molar-refractivity contribution in [2.45, 2.75) is 13.0 Å². The lowest BCUT2D eigenvalue weighted by Crippen LogP contribution is -2.26. The van der Waals surface area contributed by atoms with Crippen molar-refractivity contribution in [1.29, 1.82) is 0 Å². The number of nitrogens with one attached hydrogen (secondary N) is 1. The lowest BCUT2D eigenvalue weighted by molar-refractivity contribution is 0.0939. The molecule has 18 heavy (non-hydrogen) atoms. The molecule has 2 rings (SSSR count). The fraction of sp³-hybridized carbons (Fsp3) is 0.154. The summed E-state index contributed by atoms with van der Waals surface area (Å²) in [5, 5.41) is 6.77. The van der Waals surface area contributed by atoms with Gasteiger partial charge in [0.05, 0.1) is 10.5 Å². The maximum absolute atomic E-state index is 13.3. The Kier molecular flexibility index (Phi) is 4.14. The summed E-state index contributed by atoms with van der Waals surface area (Å²) in [6, 6.07) is 6.20. The minimum atomic E-state index is -0.439. The molecule has 1 amide bonds. The van der Waals surface area contributed by atoms with Gasteiger partial charge in [0.25, 0.3) is 5.91 Å². The summed E-state index contributed by atoms with van der Waals surface area (Å²) in [7, 11) is 0. The molecule has 0 aliphatic carbocycles. The zero-order chi connectivity index (χ0) is 13.1. The summed E-state index contributed by atoms with van der Waals surface area (Å²) in [4.78, 5) is 11.9. The summed E-state index contributed by atoms with van der Waals surface area (Å²) in [6.45, 7) is 1.90. The van der Waals surface area contributed by atoms with Crippen molar-refractivity contribution in [2.75, 3.05) is 0 Å². The predicted molar refractivity (Wildman–Crippen MR) is 74.3 cm³/mol. The second kappa shape index (κ2) is 5.63. The topological polar surface area (TPSA) is 29.1 Å². The monoisotopic (exact) mass is 327 g/mol. The number of amides is 1. The van der Waals surface area contributed by atoms with Crippen LogP contribution in [-0.4, -0.2) is 5.91 Å². The normalized spacial score (nSPS) is 12.2. The highest BCUT2D eigenvalue weighted by molar-refractivity contribution is 9.10. The number of thiophene rings is 1. The molecule has 0 bridgehead atoms. The zero-order valence-electron chi connectivity index (χ0n) is 9.61. The Balaban J connectivity index is 2.10. The van der Waals surface area contributed by atoms with Gasteiger partial charge in [-0.05, 0) is 63.4 Å². The van der Waals surface area contributed by atoms with Crippen LogP contribution in [0.3, 0.4) is 0 Å². The first kappa shape index (κ1) is 13.2. The average Bonchev–Trinajstić information content (AvgIpc) is 2.86. The number of carbonyl (C=O) groups is 1. The molecule has 1 aromatic heterocycles. The Morgan fingerprint density at radius 2 is 2.22 bits per heavy atom. The number of carbonyl (C=O) groups excluding carboxylic acids is 1. The van der Waals surface area contributed by atoms with E-state index in [0.29, 0.717) is 10.0 Å². The molecular weight excluding hydrogens is 317 g/mol. The number of rotatable bonds is 3. The molecule has 1 atom stereocenters. The standard InChI is InChI=1S/C13H11BrFNOS/c1-8(10-4-5-18-7-10)16-13(17)9-2-3-11(14)12(15)6-9/h2-8H,1H3,(H,16,17). The third-order valence-corrected chi connectivity index (χ3v) is 3.92. The first-order chi connectivity index (χ1) is 8.58. The molecule has 5 heteroatoms. The molecule has 1 unspecified atom stereocenters. The summed E-state index contributed by atoms with van der Waals surface area (Å²) in [5.41, 5.74) is 1.36. The van der Waals surface area contributed by atoms with Crippen LogP contribution >= 0.6 is 27.3 Å². The van der Waals surface area contributed by atoms with Crippen LogP contribution in [0.2, 0.25) is 0 Å². The van der Waals surface area contributed by atoms with Crippen molar-refractivity contribution in [2.24, 2.45) is 0 Å². The van der Waals surface area contributed by atoms with Crippen molar-refractivity contribution >= 4 is 33.2 Å². The molecule has 1 aromatic carbocycles. The second-order valence-corrected chi connectivity index (χ2v) is 5.52. The van der Waals surface area contributed by atoms with Crippen molar-refractivity contribution in [1.82, 2.24) is 5.32 Å². The van der Waals surface area contributed by atoms with E-state index in [1.165, 1.54) is 12.1 Å². The second-order valence-electron chi connectivity index (χ2n) is 3.88. The van der Waals surface area contributed by atoms with Crippen LogP contribution in [-0.2, 0) is 0 Å². The van der Waals surface area contributed by atoms with Crippen LogP contribution in [0.25, 0.3) is 0 Å². The maximum atomic E-state index is 13.3. The first-order valence-corrected chi connectivity index (χ1v) is 7.09. The summed E-state index contributed by atoms with van der Waals surface area (Å²) >= 11 is 4.63. The molecule has 0 spiro atoms. The van der Waals surface area contributed by atoms with Gasteiger partial charge in [0.15, 0.2) is 0 Å². The molecule has 1 heterocycles. The van der Waals surface area contributed by atoms with E-state index in [1.807, 2.05) is 23.8 Å². The number of hydrogen-bond donors (Lipinski definition) is 1. The summed E-state index contributed by atoms with van der Waals surface area (Å²) in [6.07, 6.45) is 0. The van der Waals surface area contributed by atoms with Gasteiger partial charge in [-0.1, -0.05) is 0 Å². The average molecular weight is 328 g/mol. The molecule has 1 N–H and O–H groups in total. The van der Waals surface area contributed by atoms with Gasteiger partial charge in [0.1, 0.15) is 5.82 Å². The summed E-state index contributed by atoms with van der Waals surface area (Å²) in [5.74, 6) is -0.717. The van der Waals surface area contributed by atoms with Gasteiger partial charge >= 0.3 is 0 Å². The van der Waals surface area contributed by atoms with Crippen LogP contribution in [0.1, 0.15) is 28.9 Å². The van der Waals surface area contributed by atoms with E-state index < -0.39 is 5.82 Å². The molecule has 0 fully saturated rings. The van der Waals surface area contributed by atoms with Crippen LogP contribution < -0.4 is 5.32 Å². The maximum Gasteiger partial charge on any atom is 0.251 e. The Labute approximate surface area is 117 Å². The van der Waals surface area contributed by atoms with Crippen molar-refractivity contribution in [3.8, 4) is 0 Å². The SMILES string of the molecule is CC(NC(=O)c1ccc(Br)c(F)c1)c1ccsc1. The Morgan fingerprint density at radius 3 is 2.83 bits per heavy atom. The highest BCUT2D eigenvalue weighted by atomic mass is 79.9. The van der Waals surface area contributed by atoms with Crippen LogP contribution in [0.5, 0.6) is 0 Å². The third kappa shape index (κ3) is 2.97. The van der Waals surface area contributed by atoms with E-state index in [-0.39, 0.29) is 11.9 Å². The molecule has 0 radical (unpaired) electrons. The molecule has 2 nitrogen and oxygen atoms in total. The van der Waals surface area contributed by atoms with Crippen LogP contribution in [0, 0.1) is 5.82 Å². The Hall–Kier alpha value is -1.20. The van der Waals surface area contributed by atoms with E-state index >= 15 is 0 Å². The number of hydrogen-bond acceptors (Lipinski definition) is 2. The molecule has 0 saturated carbocycles. The van der Waals surface area contributed by atoms with E-state index in [1.54, 1.807) is 17.4 Å². The van der Waals surface area contributed by atoms with Gasteiger partial charge < -0.3 is 5.32 Å². The smallest absolute Gasteiger partial charge is 0.251 e. The molecular formula is C13H11BrFNOS. The van der Waals surface area contributed by atoms with Crippen molar-refractivity contribution in [3.05, 3.63) is 56.4 Å². The van der Waals surface area contributed by atoms with Gasteiger partial charge in [-0.15, -0.1) is 0 Å². The minimum Gasteiger partial charge on any atom is -0.345 e. The van der Waals surface area contributed by atoms with E-state index in [9.17, 15) is 9.18 Å². The highest BCUT2D eigenvalue weighted by Gasteiger charge is 2.13. The lowest BCUT2D eigenvalue weighted by Gasteiger charge is -2.12.